The predicted octanol–water partition coefficient (Wildman–Crippen LogP) is 0.916. The first-order valence-electron chi connectivity index (χ1n) is 5.19. The molecule has 1 aromatic carbocycles. The minimum Gasteiger partial charge on any atom is -0.468 e. The molecule has 0 aliphatic carbocycles. The van der Waals surface area contributed by atoms with Gasteiger partial charge in [-0.1, -0.05) is 24.3 Å². The van der Waals surface area contributed by atoms with Crippen LogP contribution < -0.4 is 5.32 Å². The second-order valence-corrected chi connectivity index (χ2v) is 3.75. The highest BCUT2D eigenvalue weighted by atomic mass is 16.5. The maximum atomic E-state index is 11.4. The second kappa shape index (κ2) is 4.45. The van der Waals surface area contributed by atoms with E-state index in [1.54, 1.807) is 0 Å². The van der Waals surface area contributed by atoms with Crippen molar-refractivity contribution in [1.82, 2.24) is 5.32 Å². The number of hydrogen-bond acceptors (Lipinski definition) is 3. The van der Waals surface area contributed by atoms with Crippen molar-refractivity contribution in [2.45, 2.75) is 18.9 Å². The van der Waals surface area contributed by atoms with E-state index in [9.17, 15) is 4.79 Å². The third-order valence-corrected chi connectivity index (χ3v) is 2.81. The molecule has 1 aliphatic heterocycles. The summed E-state index contributed by atoms with van der Waals surface area (Å²) in [5.74, 6) is -0.174. The highest BCUT2D eigenvalue weighted by Gasteiger charge is 2.22. The summed E-state index contributed by atoms with van der Waals surface area (Å²) in [6.45, 7) is 0.830. The number of fused-ring (bicyclic) bond motifs is 1. The minimum absolute atomic E-state index is 0.174. The van der Waals surface area contributed by atoms with Crippen molar-refractivity contribution in [1.29, 1.82) is 0 Å². The third kappa shape index (κ3) is 2.18. The van der Waals surface area contributed by atoms with Gasteiger partial charge in [-0.25, -0.2) is 0 Å². The van der Waals surface area contributed by atoms with E-state index in [1.165, 1.54) is 18.2 Å². The van der Waals surface area contributed by atoms with E-state index in [0.29, 0.717) is 0 Å². The van der Waals surface area contributed by atoms with Crippen LogP contribution in [0.1, 0.15) is 11.1 Å². The van der Waals surface area contributed by atoms with Gasteiger partial charge in [0.25, 0.3) is 0 Å². The summed E-state index contributed by atoms with van der Waals surface area (Å²) in [7, 11) is 1.43. The fraction of sp³-hybridized carbons (Fsp3) is 0.417. The lowest BCUT2D eigenvalue weighted by molar-refractivity contribution is -0.143. The van der Waals surface area contributed by atoms with Crippen molar-refractivity contribution < 1.29 is 9.53 Å². The molecule has 0 aromatic heterocycles. The predicted molar refractivity (Wildman–Crippen MR) is 57.7 cm³/mol. The van der Waals surface area contributed by atoms with Crippen molar-refractivity contribution in [3.8, 4) is 0 Å². The zero-order chi connectivity index (χ0) is 10.7. The molecule has 3 heteroatoms. The average molecular weight is 205 g/mol. The summed E-state index contributed by atoms with van der Waals surface area (Å²) in [5, 5.41) is 3.20. The molecule has 80 valence electrons. The van der Waals surface area contributed by atoms with Crippen molar-refractivity contribution >= 4 is 5.97 Å². The lowest BCUT2D eigenvalue weighted by Gasteiger charge is -2.12. The Labute approximate surface area is 89.4 Å². The molecule has 1 atom stereocenters. The van der Waals surface area contributed by atoms with E-state index < -0.39 is 0 Å². The lowest BCUT2D eigenvalue weighted by Crippen LogP contribution is -2.38. The van der Waals surface area contributed by atoms with Crippen molar-refractivity contribution in [3.05, 3.63) is 35.4 Å². The van der Waals surface area contributed by atoms with E-state index in [2.05, 4.69) is 17.4 Å². The van der Waals surface area contributed by atoms with Gasteiger partial charge in [0.1, 0.15) is 6.04 Å². The van der Waals surface area contributed by atoms with E-state index in [1.807, 2.05) is 12.1 Å². The first-order valence-corrected chi connectivity index (χ1v) is 5.19. The molecule has 1 aliphatic rings. The maximum Gasteiger partial charge on any atom is 0.323 e. The van der Waals surface area contributed by atoms with Crippen LogP contribution in [0.3, 0.4) is 0 Å². The molecule has 3 nitrogen and oxygen atoms in total. The molecule has 0 unspecified atom stereocenters. The number of rotatable bonds is 1. The van der Waals surface area contributed by atoms with Crippen LogP contribution in [0.15, 0.2) is 24.3 Å². The monoisotopic (exact) mass is 205 g/mol. The molecule has 0 radical (unpaired) electrons. The number of nitrogens with one attached hydrogen (secondary N) is 1. The van der Waals surface area contributed by atoms with Gasteiger partial charge >= 0.3 is 5.97 Å². The largest absolute Gasteiger partial charge is 0.468 e. The number of carbonyl (C=O) groups is 1. The van der Waals surface area contributed by atoms with Crippen LogP contribution in [-0.4, -0.2) is 25.7 Å². The number of ether oxygens (including phenoxy) is 1. The molecule has 2 rings (SSSR count). The molecule has 1 N–H and O–H groups in total. The molecule has 0 bridgehead atoms. The Morgan fingerprint density at radius 2 is 2.13 bits per heavy atom. The first kappa shape index (κ1) is 10.2. The summed E-state index contributed by atoms with van der Waals surface area (Å²) < 4.78 is 4.76. The summed E-state index contributed by atoms with van der Waals surface area (Å²) >= 11 is 0. The van der Waals surface area contributed by atoms with Crippen molar-refractivity contribution in [3.63, 3.8) is 0 Å². The normalized spacial score (nSPS) is 20.2. The SMILES string of the molecule is COC(=O)[C@@H]1Cc2ccccc2CCN1. The molecule has 1 heterocycles. The topological polar surface area (TPSA) is 38.3 Å². The van der Waals surface area contributed by atoms with Gasteiger partial charge in [-0.05, 0) is 30.5 Å². The van der Waals surface area contributed by atoms with Gasteiger partial charge in [0.15, 0.2) is 0 Å². The Hall–Kier alpha value is -1.35. The number of benzene rings is 1. The van der Waals surface area contributed by atoms with Gasteiger partial charge in [-0.15, -0.1) is 0 Å². The Morgan fingerprint density at radius 3 is 2.87 bits per heavy atom. The highest BCUT2D eigenvalue weighted by molar-refractivity contribution is 5.76. The molecule has 0 spiro atoms. The Kier molecular flexibility index (Phi) is 3.02. The quantitative estimate of drug-likeness (QED) is 0.693. The van der Waals surface area contributed by atoms with Gasteiger partial charge in [0.05, 0.1) is 7.11 Å². The minimum atomic E-state index is -0.196. The first-order chi connectivity index (χ1) is 7.31. The Balaban J connectivity index is 2.21. The highest BCUT2D eigenvalue weighted by Crippen LogP contribution is 2.15. The zero-order valence-corrected chi connectivity index (χ0v) is 8.82. The van der Waals surface area contributed by atoms with Crippen LogP contribution in [0.2, 0.25) is 0 Å². The van der Waals surface area contributed by atoms with Crippen LogP contribution in [0.25, 0.3) is 0 Å². The molecular weight excluding hydrogens is 190 g/mol. The van der Waals surface area contributed by atoms with E-state index in [-0.39, 0.29) is 12.0 Å². The van der Waals surface area contributed by atoms with Gasteiger partial charge in [-0.2, -0.15) is 0 Å². The standard InChI is InChI=1S/C12H15NO2/c1-15-12(14)11-8-10-5-3-2-4-9(10)6-7-13-11/h2-5,11,13H,6-8H2,1H3/t11-/m0/s1. The molecule has 0 saturated heterocycles. The number of hydrogen-bond donors (Lipinski definition) is 1. The van der Waals surface area contributed by atoms with E-state index in [0.717, 1.165) is 19.4 Å². The Morgan fingerprint density at radius 1 is 1.40 bits per heavy atom. The summed E-state index contributed by atoms with van der Waals surface area (Å²) in [6, 6.07) is 8.06. The van der Waals surface area contributed by atoms with Crippen molar-refractivity contribution in [2.75, 3.05) is 13.7 Å². The van der Waals surface area contributed by atoms with Gasteiger partial charge in [0.2, 0.25) is 0 Å². The molecule has 0 amide bonds. The second-order valence-electron chi connectivity index (χ2n) is 3.75. The van der Waals surface area contributed by atoms with Crippen LogP contribution in [-0.2, 0) is 22.4 Å². The van der Waals surface area contributed by atoms with Crippen LogP contribution in [0, 0.1) is 0 Å². The maximum absolute atomic E-state index is 11.4. The molecule has 0 saturated carbocycles. The van der Waals surface area contributed by atoms with Gasteiger partial charge in [-0.3, -0.25) is 4.79 Å². The number of esters is 1. The Bertz CT molecular complexity index is 362. The van der Waals surface area contributed by atoms with E-state index in [4.69, 9.17) is 4.74 Å². The van der Waals surface area contributed by atoms with Crippen LogP contribution >= 0.6 is 0 Å². The summed E-state index contributed by atoms with van der Waals surface area (Å²) in [4.78, 5) is 11.4. The zero-order valence-electron chi connectivity index (χ0n) is 8.82. The molecule has 0 fully saturated rings. The number of methoxy groups -OCH3 is 1. The average Bonchev–Trinajstić information content (AvgIpc) is 2.49. The fourth-order valence-electron chi connectivity index (χ4n) is 1.98. The smallest absolute Gasteiger partial charge is 0.323 e. The number of carbonyl (C=O) groups excluding carboxylic acids is 1. The van der Waals surface area contributed by atoms with Crippen LogP contribution in [0.5, 0.6) is 0 Å². The van der Waals surface area contributed by atoms with E-state index >= 15 is 0 Å². The van der Waals surface area contributed by atoms with Gasteiger partial charge in [0, 0.05) is 0 Å². The summed E-state index contributed by atoms with van der Waals surface area (Å²) in [6.07, 6.45) is 1.70. The third-order valence-electron chi connectivity index (χ3n) is 2.81. The summed E-state index contributed by atoms with van der Waals surface area (Å²) in [5.41, 5.74) is 2.58. The fourth-order valence-corrected chi connectivity index (χ4v) is 1.98. The molecule has 1 aromatic rings. The molecular formula is C12H15NO2. The van der Waals surface area contributed by atoms with Crippen LogP contribution in [0.4, 0.5) is 0 Å². The van der Waals surface area contributed by atoms with Crippen molar-refractivity contribution in [2.24, 2.45) is 0 Å². The lowest BCUT2D eigenvalue weighted by atomic mass is 10.0. The van der Waals surface area contributed by atoms with Gasteiger partial charge < -0.3 is 10.1 Å². The molecule has 15 heavy (non-hydrogen) atoms.